The van der Waals surface area contributed by atoms with E-state index in [0.717, 1.165) is 0 Å². The smallest absolute Gasteiger partial charge is 0.229 e. The minimum absolute atomic E-state index is 0.0262. The van der Waals surface area contributed by atoms with E-state index < -0.39 is 79.4 Å². The van der Waals surface area contributed by atoms with Crippen molar-refractivity contribution in [3.8, 4) is 23.0 Å². The molecule has 3 aliphatic rings. The summed E-state index contributed by atoms with van der Waals surface area (Å²) in [5.74, 6) is -0.147. The van der Waals surface area contributed by atoms with E-state index in [2.05, 4.69) is 0 Å². The second-order valence-corrected chi connectivity index (χ2v) is 11.3. The highest BCUT2D eigenvalue weighted by Gasteiger charge is 2.52. The van der Waals surface area contributed by atoms with E-state index >= 15 is 0 Å². The lowest BCUT2D eigenvalue weighted by atomic mass is 9.85. The lowest BCUT2D eigenvalue weighted by Gasteiger charge is -2.45. The predicted octanol–water partition coefficient (Wildman–Crippen LogP) is -1.72. The third-order valence-corrected chi connectivity index (χ3v) is 8.21. The molecule has 2 fully saturated rings. The van der Waals surface area contributed by atoms with Crippen molar-refractivity contribution in [1.82, 2.24) is 0 Å². The van der Waals surface area contributed by atoms with Crippen LogP contribution in [-0.2, 0) is 20.6 Å². The highest BCUT2D eigenvalue weighted by atomic mass is 16.8. The van der Waals surface area contributed by atoms with Crippen LogP contribution in [0.5, 0.6) is 23.0 Å². The quantitative estimate of drug-likeness (QED) is 0.162. The Balaban J connectivity index is 1.47. The molecule has 15 heteroatoms. The first-order valence-electron chi connectivity index (χ1n) is 14.3. The molecule has 3 heterocycles. The van der Waals surface area contributed by atoms with Crippen LogP contribution in [0.25, 0.3) is 0 Å². The molecule has 0 saturated carbocycles. The van der Waals surface area contributed by atoms with E-state index in [1.165, 1.54) is 33.3 Å². The lowest BCUT2D eigenvalue weighted by Crippen LogP contribution is -2.64. The summed E-state index contributed by atoms with van der Waals surface area (Å²) in [5.41, 5.74) is -1.58. The molecule has 0 unspecified atom stereocenters. The van der Waals surface area contributed by atoms with Gasteiger partial charge in [-0.3, -0.25) is 4.79 Å². The number of ether oxygens (including phenoxy) is 7. The molecule has 0 radical (unpaired) electrons. The number of methoxy groups -OCH3 is 2. The first kappa shape index (κ1) is 33.3. The maximum Gasteiger partial charge on any atom is 0.229 e. The van der Waals surface area contributed by atoms with E-state index in [4.69, 9.17) is 33.2 Å². The molecule has 0 aromatic heterocycles. The van der Waals surface area contributed by atoms with Crippen LogP contribution in [0, 0.1) is 0 Å². The standard InChI is InChI=1S/C30H38O15/c1-13-21(32)23(34)25(36)28(42-13)45-26-24(35)22(33)19(11-31)44-29(26)43-18-9-16(40-3)8-17-20(18)27(37)30(38,12-41-17)10-14-4-6-15(39-2)7-5-14/h4-9,13,19,21-26,28-29,31-36,38H,10-12H2,1-3H3/t13-,19+,21-,22+,23+,24-,25+,26+,28-,29+,30-/m0/s1. The van der Waals surface area contributed by atoms with Gasteiger partial charge in [0.1, 0.15) is 71.8 Å². The first-order chi connectivity index (χ1) is 21.4. The van der Waals surface area contributed by atoms with Crippen molar-refractivity contribution in [2.45, 2.75) is 80.4 Å². The molecule has 248 valence electrons. The third-order valence-electron chi connectivity index (χ3n) is 8.21. The van der Waals surface area contributed by atoms with Crippen LogP contribution in [0.1, 0.15) is 22.8 Å². The molecular weight excluding hydrogens is 600 g/mol. The van der Waals surface area contributed by atoms with Gasteiger partial charge in [-0.2, -0.15) is 0 Å². The SMILES string of the molecule is COc1ccc(C[C@]2(O)COc3cc(OC)cc(O[C@@H]4O[C@H](CO)[C@@H](O)[C@H](O)[C@H]4O[C@@H]4O[C@@H](C)[C@H](O)[C@@H](O)[C@H]4O)c3C2=O)cc1. The topological polar surface area (TPSA) is 223 Å². The normalized spacial score (nSPS) is 36.5. The van der Waals surface area contributed by atoms with Gasteiger partial charge in [0.2, 0.25) is 12.1 Å². The Hall–Kier alpha value is -3.09. The van der Waals surface area contributed by atoms with E-state index in [-0.39, 0.29) is 35.8 Å². The van der Waals surface area contributed by atoms with E-state index in [1.807, 2.05) is 0 Å². The molecule has 2 aromatic carbocycles. The molecule has 2 saturated heterocycles. The lowest BCUT2D eigenvalue weighted by molar-refractivity contribution is -0.354. The molecule has 7 N–H and O–H groups in total. The number of carbonyl (C=O) groups is 1. The van der Waals surface area contributed by atoms with Gasteiger partial charge in [-0.25, -0.2) is 0 Å². The molecule has 3 aliphatic heterocycles. The third kappa shape index (κ3) is 6.46. The Labute approximate surface area is 258 Å². The molecule has 0 aliphatic carbocycles. The highest BCUT2D eigenvalue weighted by molar-refractivity contribution is 6.08. The molecule has 45 heavy (non-hydrogen) atoms. The number of hydrogen-bond acceptors (Lipinski definition) is 15. The Bertz CT molecular complexity index is 1340. The van der Waals surface area contributed by atoms with Gasteiger partial charge in [0, 0.05) is 18.6 Å². The number of fused-ring (bicyclic) bond motifs is 1. The number of rotatable bonds is 9. The molecule has 0 bridgehead atoms. The molecule has 5 rings (SSSR count). The second kappa shape index (κ2) is 13.3. The van der Waals surface area contributed by atoms with Gasteiger partial charge < -0.3 is 68.9 Å². The van der Waals surface area contributed by atoms with Crippen LogP contribution in [0.15, 0.2) is 36.4 Å². The predicted molar refractivity (Wildman–Crippen MR) is 150 cm³/mol. The molecule has 2 aromatic rings. The fourth-order valence-corrected chi connectivity index (χ4v) is 5.52. The van der Waals surface area contributed by atoms with Crippen molar-refractivity contribution in [3.05, 3.63) is 47.5 Å². The molecule has 11 atom stereocenters. The van der Waals surface area contributed by atoms with E-state index in [1.54, 1.807) is 24.3 Å². The molecule has 0 amide bonds. The number of aliphatic hydroxyl groups is 7. The van der Waals surface area contributed by atoms with Gasteiger partial charge in [-0.05, 0) is 24.6 Å². The van der Waals surface area contributed by atoms with E-state index in [0.29, 0.717) is 11.3 Å². The Morgan fingerprint density at radius 2 is 1.56 bits per heavy atom. The zero-order valence-corrected chi connectivity index (χ0v) is 24.8. The van der Waals surface area contributed by atoms with Crippen LogP contribution >= 0.6 is 0 Å². The van der Waals surface area contributed by atoms with Crippen molar-refractivity contribution >= 4 is 5.78 Å². The molecule has 15 nitrogen and oxygen atoms in total. The number of ketones is 1. The summed E-state index contributed by atoms with van der Waals surface area (Å²) in [6.07, 6.45) is -15.8. The average molecular weight is 639 g/mol. The van der Waals surface area contributed by atoms with Crippen molar-refractivity contribution in [1.29, 1.82) is 0 Å². The van der Waals surface area contributed by atoms with Crippen LogP contribution in [-0.4, -0.2) is 136 Å². The fourth-order valence-electron chi connectivity index (χ4n) is 5.52. The summed E-state index contributed by atoms with van der Waals surface area (Å²) < 4.78 is 39.4. The molecule has 0 spiro atoms. The first-order valence-corrected chi connectivity index (χ1v) is 14.3. The van der Waals surface area contributed by atoms with Gasteiger partial charge >= 0.3 is 0 Å². The summed E-state index contributed by atoms with van der Waals surface area (Å²) in [7, 11) is 2.88. The second-order valence-electron chi connectivity index (χ2n) is 11.3. The number of Topliss-reactive ketones (excluding diaryl/α,β-unsaturated/α-hetero) is 1. The monoisotopic (exact) mass is 638 g/mol. The van der Waals surface area contributed by atoms with Gasteiger partial charge in [0.15, 0.2) is 18.0 Å². The minimum atomic E-state index is -2.02. The zero-order valence-electron chi connectivity index (χ0n) is 24.8. The number of benzene rings is 2. The number of aliphatic hydroxyl groups excluding tert-OH is 6. The summed E-state index contributed by atoms with van der Waals surface area (Å²) in [6.45, 7) is 0.300. The zero-order chi connectivity index (χ0) is 32.6. The van der Waals surface area contributed by atoms with Crippen LogP contribution in [0.3, 0.4) is 0 Å². The largest absolute Gasteiger partial charge is 0.497 e. The maximum atomic E-state index is 13.9. The van der Waals surface area contributed by atoms with Gasteiger partial charge in [-0.15, -0.1) is 0 Å². The van der Waals surface area contributed by atoms with Crippen LogP contribution in [0.4, 0.5) is 0 Å². The summed E-state index contributed by atoms with van der Waals surface area (Å²) in [5, 5.41) is 73.7. The van der Waals surface area contributed by atoms with Crippen LogP contribution in [0.2, 0.25) is 0 Å². The van der Waals surface area contributed by atoms with Gasteiger partial charge in [-0.1, -0.05) is 12.1 Å². The number of carbonyl (C=O) groups excluding carboxylic acids is 1. The molecular formula is C30H38O15. The highest BCUT2D eigenvalue weighted by Crippen LogP contribution is 2.42. The van der Waals surface area contributed by atoms with Gasteiger partial charge in [0.25, 0.3) is 0 Å². The van der Waals surface area contributed by atoms with Crippen molar-refractivity contribution in [2.24, 2.45) is 0 Å². The van der Waals surface area contributed by atoms with Crippen LogP contribution < -0.4 is 18.9 Å². The van der Waals surface area contributed by atoms with Crippen molar-refractivity contribution in [3.63, 3.8) is 0 Å². The summed E-state index contributed by atoms with van der Waals surface area (Å²) in [4.78, 5) is 13.9. The van der Waals surface area contributed by atoms with E-state index in [9.17, 15) is 40.5 Å². The summed E-state index contributed by atoms with van der Waals surface area (Å²) >= 11 is 0. The Morgan fingerprint density at radius 1 is 0.867 bits per heavy atom. The average Bonchev–Trinajstić information content (AvgIpc) is 3.04. The minimum Gasteiger partial charge on any atom is -0.497 e. The fraction of sp³-hybridized carbons (Fsp3) is 0.567. The van der Waals surface area contributed by atoms with Gasteiger partial charge in [0.05, 0.1) is 26.9 Å². The number of hydrogen-bond donors (Lipinski definition) is 7. The Kier molecular flexibility index (Phi) is 9.86. The maximum absolute atomic E-state index is 13.9. The van der Waals surface area contributed by atoms with Crippen molar-refractivity contribution in [2.75, 3.05) is 27.4 Å². The van der Waals surface area contributed by atoms with Crippen molar-refractivity contribution < 1.29 is 73.7 Å². The Morgan fingerprint density at radius 3 is 2.20 bits per heavy atom. The summed E-state index contributed by atoms with van der Waals surface area (Å²) in [6, 6.07) is 9.51.